The van der Waals surface area contributed by atoms with Gasteiger partial charge in [-0.3, -0.25) is 4.68 Å². The molecular formula is C79H78BIN8O5. The number of fused-ring (bicyclic) bond motifs is 1. The molecule has 1 saturated carbocycles. The molecule has 4 heterocycles. The van der Waals surface area contributed by atoms with Gasteiger partial charge in [-0.25, -0.2) is 14.5 Å². The van der Waals surface area contributed by atoms with Gasteiger partial charge in [0.2, 0.25) is 0 Å². The van der Waals surface area contributed by atoms with E-state index in [0.29, 0.717) is 36.4 Å². The van der Waals surface area contributed by atoms with Crippen LogP contribution in [0.1, 0.15) is 111 Å². The van der Waals surface area contributed by atoms with Crippen LogP contribution >= 0.6 is 22.6 Å². The number of hydrogen-bond donors (Lipinski definition) is 1. The lowest BCUT2D eigenvalue weighted by Gasteiger charge is -2.38. The Morgan fingerprint density at radius 2 is 1.16 bits per heavy atom. The highest BCUT2D eigenvalue weighted by Crippen LogP contribution is 2.46. The van der Waals surface area contributed by atoms with Crippen molar-refractivity contribution in [2.75, 3.05) is 11.9 Å². The van der Waals surface area contributed by atoms with Crippen LogP contribution in [0.2, 0.25) is 0 Å². The number of amides is 1. The van der Waals surface area contributed by atoms with Gasteiger partial charge in [-0.05, 0) is 147 Å². The minimum atomic E-state index is -1.06. The second-order valence-corrected chi connectivity index (χ2v) is 27.8. The third kappa shape index (κ3) is 13.0. The maximum Gasteiger partial charge on any atom is 0.498 e. The zero-order valence-corrected chi connectivity index (χ0v) is 56.4. The van der Waals surface area contributed by atoms with E-state index in [1.165, 1.54) is 5.56 Å². The van der Waals surface area contributed by atoms with Gasteiger partial charge < -0.3 is 29.0 Å². The summed E-state index contributed by atoms with van der Waals surface area (Å²) in [6.45, 7) is 14.7. The number of benzene rings is 8. The van der Waals surface area contributed by atoms with Gasteiger partial charge >= 0.3 is 13.2 Å². The largest absolute Gasteiger partial charge is 0.498 e. The van der Waals surface area contributed by atoms with E-state index in [2.05, 4.69) is 250 Å². The minimum Gasteiger partial charge on any atom is -0.490 e. The second-order valence-electron chi connectivity index (χ2n) is 26.6. The van der Waals surface area contributed by atoms with Gasteiger partial charge in [0.1, 0.15) is 39.9 Å². The smallest absolute Gasteiger partial charge is 0.490 e. The van der Waals surface area contributed by atoms with Gasteiger partial charge in [0, 0.05) is 51.9 Å². The number of hydrogen-bond acceptors (Lipinski definition) is 10. The third-order valence-corrected chi connectivity index (χ3v) is 19.7. The summed E-state index contributed by atoms with van der Waals surface area (Å²) < 4.78 is 31.0. The Labute approximate surface area is 565 Å². The lowest BCUT2D eigenvalue weighted by Crippen LogP contribution is -2.43. The van der Waals surface area contributed by atoms with Crippen molar-refractivity contribution >= 4 is 61.8 Å². The van der Waals surface area contributed by atoms with Gasteiger partial charge in [0.05, 0.1) is 17.7 Å². The molecule has 3 atom stereocenters. The van der Waals surface area contributed by atoms with Crippen LogP contribution in [0, 0.1) is 5.92 Å². The van der Waals surface area contributed by atoms with Crippen molar-refractivity contribution in [3.05, 3.63) is 311 Å². The molecule has 1 saturated heterocycles. The van der Waals surface area contributed by atoms with Gasteiger partial charge in [0.15, 0.2) is 5.65 Å². The van der Waals surface area contributed by atoms with E-state index in [1.54, 1.807) is 0 Å². The highest BCUT2D eigenvalue weighted by Gasteiger charge is 2.52. The number of aromatic nitrogens is 6. The maximum absolute atomic E-state index is 15.1. The Morgan fingerprint density at radius 1 is 0.660 bits per heavy atom. The number of ether oxygens (including phenoxy) is 2. The number of pyridine rings is 1. The zero-order chi connectivity index (χ0) is 65.1. The first kappa shape index (κ1) is 63.6. The molecule has 1 aliphatic carbocycles. The minimum absolute atomic E-state index is 0.0549. The normalized spacial score (nSPS) is 17.3. The molecule has 0 radical (unpaired) electrons. The van der Waals surface area contributed by atoms with E-state index < -0.39 is 41.1 Å². The van der Waals surface area contributed by atoms with Crippen LogP contribution in [-0.4, -0.2) is 83.4 Å². The number of nitrogens with zero attached hydrogens (tertiary/aromatic N) is 7. The summed E-state index contributed by atoms with van der Waals surface area (Å²) in [5.74, 6) is 1.39. The predicted molar refractivity (Wildman–Crippen MR) is 382 cm³/mol. The van der Waals surface area contributed by atoms with Crippen LogP contribution in [0.4, 0.5) is 10.6 Å². The Kier molecular flexibility index (Phi) is 18.1. The second kappa shape index (κ2) is 26.7. The topological polar surface area (TPSA) is 131 Å². The molecule has 8 aromatic carbocycles. The van der Waals surface area contributed by atoms with Gasteiger partial charge in [0.25, 0.3) is 0 Å². The summed E-state index contributed by atoms with van der Waals surface area (Å²) in [6, 6.07) is 83.7. The van der Waals surface area contributed by atoms with Crippen LogP contribution < -0.4 is 15.5 Å². The number of halogens is 1. The molecule has 0 spiro atoms. The molecule has 13 nitrogen and oxygen atoms in total. The predicted octanol–water partition coefficient (Wildman–Crippen LogP) is 16.1. The van der Waals surface area contributed by atoms with Crippen molar-refractivity contribution in [1.29, 1.82) is 0 Å². The molecule has 15 heteroatoms. The third-order valence-electron chi connectivity index (χ3n) is 18.7. The van der Waals surface area contributed by atoms with Crippen molar-refractivity contribution in [3.63, 3.8) is 0 Å². The summed E-state index contributed by atoms with van der Waals surface area (Å²) >= 11 is 2.43. The van der Waals surface area contributed by atoms with E-state index in [1.807, 2.05) is 102 Å². The molecule has 474 valence electrons. The van der Waals surface area contributed by atoms with E-state index in [9.17, 15) is 0 Å². The van der Waals surface area contributed by atoms with Crippen molar-refractivity contribution < 1.29 is 23.6 Å². The SMILES string of the molecule is CC(C)(C)OC(=O)N(C/C=C(\I)c1cc(NC(c2ccccc2)(c2ccccc2)c2ccccc2)nc2c1nnn2C(c1ccccc1)(c1ccccc1)c1ccccc1)[C@H]1C[C@H](Cc2ccccc2)[C@H](Oc2cccc(Cn3cc(B4OC(C)(C)C(C)(C)O4)cn3)c2)C1. The van der Waals surface area contributed by atoms with Crippen molar-refractivity contribution in [3.8, 4) is 5.75 Å². The summed E-state index contributed by atoms with van der Waals surface area (Å²) in [6.07, 6.45) is 7.32. The Hall–Kier alpha value is -9.16. The highest BCUT2D eigenvalue weighted by molar-refractivity contribution is 14.1. The van der Waals surface area contributed by atoms with E-state index in [0.717, 1.165) is 65.7 Å². The van der Waals surface area contributed by atoms with Crippen LogP contribution in [0.25, 0.3) is 14.7 Å². The molecule has 0 bridgehead atoms. The van der Waals surface area contributed by atoms with Crippen LogP contribution in [0.3, 0.4) is 0 Å². The summed E-state index contributed by atoms with van der Waals surface area (Å²) in [4.78, 5) is 22.7. The first-order valence-corrected chi connectivity index (χ1v) is 33.5. The standard InChI is InChI=1S/C79H78BIN8O5/c1-75(2,3)92-74(90)88(66-50-58(48-56-30-15-8-16-31-56)70(51-66)91-67-45-29-32-57(49-67)54-87-55-65(53-82-87)80-93-76(4,5)77(6,7)94-80)47-46-69(81)68-52-71(84-78(59-33-17-9-18-34-59,60-35-19-10-20-36-60)61-37-21-11-22-38-61)83-73-72(68)85-86-89(73)79(62-39-23-12-24-40-62,63-41-25-13-26-42-63)64-43-27-14-28-44-64/h8-46,49,52-53,55,58,66,70H,47-48,50-51,54H2,1-7H3,(H,83,84)/b69-46-/t58-,66-,70+/m0/s1. The lowest BCUT2D eigenvalue weighted by molar-refractivity contribution is 0.00578. The first-order chi connectivity index (χ1) is 45.5. The van der Waals surface area contributed by atoms with Crippen molar-refractivity contribution in [2.45, 2.75) is 114 Å². The molecule has 2 aliphatic rings. The Morgan fingerprint density at radius 3 is 1.68 bits per heavy atom. The van der Waals surface area contributed by atoms with E-state index in [4.69, 9.17) is 39.2 Å². The van der Waals surface area contributed by atoms with E-state index in [-0.39, 0.29) is 24.6 Å². The molecule has 94 heavy (non-hydrogen) atoms. The van der Waals surface area contributed by atoms with Crippen molar-refractivity contribution in [2.24, 2.45) is 5.92 Å². The van der Waals surface area contributed by atoms with Crippen molar-refractivity contribution in [1.82, 2.24) is 34.7 Å². The van der Waals surface area contributed by atoms with Crippen LogP contribution in [-0.2, 0) is 38.1 Å². The Bertz CT molecular complexity index is 4190. The molecule has 11 aromatic rings. The maximum atomic E-state index is 15.1. The number of rotatable bonds is 20. The van der Waals surface area contributed by atoms with E-state index >= 15 is 4.79 Å². The molecule has 1 N–H and O–H groups in total. The van der Waals surface area contributed by atoms with Gasteiger partial charge in [-0.2, -0.15) is 5.10 Å². The molecule has 3 aromatic heterocycles. The highest BCUT2D eigenvalue weighted by atomic mass is 127. The zero-order valence-electron chi connectivity index (χ0n) is 54.2. The number of carbonyl (C=O) groups excluding carboxylic acids is 1. The number of anilines is 1. The van der Waals surface area contributed by atoms with Crippen LogP contribution in [0.5, 0.6) is 5.75 Å². The molecule has 0 unspecified atom stereocenters. The first-order valence-electron chi connectivity index (χ1n) is 32.4. The monoisotopic (exact) mass is 1360 g/mol. The quantitative estimate of drug-likeness (QED) is 0.0447. The van der Waals surface area contributed by atoms with Gasteiger partial charge in [-0.15, -0.1) is 5.10 Å². The Balaban J connectivity index is 0.907. The summed E-state index contributed by atoms with van der Waals surface area (Å²) in [5, 5.41) is 19.3. The molecule has 2 fully saturated rings. The molecular weight excluding hydrogens is 1280 g/mol. The lowest BCUT2D eigenvalue weighted by atomic mass is 9.77. The number of carbonyl (C=O) groups is 1. The average molecular weight is 1360 g/mol. The molecule has 13 rings (SSSR count). The fraction of sp³-hybridized carbons (Fsp3) is 0.253. The molecule has 1 aliphatic heterocycles. The van der Waals surface area contributed by atoms with Crippen LogP contribution in [0.15, 0.2) is 261 Å². The molecule has 1 amide bonds. The number of nitrogens with one attached hydrogen (secondary N) is 1. The fourth-order valence-electron chi connectivity index (χ4n) is 13.5. The average Bonchev–Trinajstić information content (AvgIpc) is 1.40. The fourth-order valence-corrected chi connectivity index (χ4v) is 14.1. The summed E-state index contributed by atoms with van der Waals surface area (Å²) in [5.41, 5.74) is 7.32. The van der Waals surface area contributed by atoms with Gasteiger partial charge in [-0.1, -0.05) is 236 Å². The summed E-state index contributed by atoms with van der Waals surface area (Å²) in [7, 11) is -0.508.